The molecule has 0 spiro atoms. The first-order valence-corrected chi connectivity index (χ1v) is 9.83. The summed E-state index contributed by atoms with van der Waals surface area (Å²) in [7, 11) is 0. The first-order valence-electron chi connectivity index (χ1n) is 9.83. The van der Waals surface area contributed by atoms with Gasteiger partial charge in [0, 0.05) is 6.42 Å². The largest absolute Gasteiger partial charge is 2.00 e. The van der Waals surface area contributed by atoms with Gasteiger partial charge in [-0.15, -0.1) is 0 Å². The molecule has 0 heterocycles. The first-order chi connectivity index (χ1) is 15.2. The van der Waals surface area contributed by atoms with E-state index in [1.807, 2.05) is 0 Å². The molecule has 35 heavy (non-hydrogen) atoms. The zero-order valence-corrected chi connectivity index (χ0v) is 21.0. The van der Waals surface area contributed by atoms with E-state index in [0.717, 1.165) is 0 Å². The maximum absolute atomic E-state index is 11.6. The second-order valence-corrected chi connectivity index (χ2v) is 6.85. The normalized spacial score (nSPS) is 12.3. The van der Waals surface area contributed by atoms with E-state index < -0.39 is 60.5 Å². The van der Waals surface area contributed by atoms with Crippen LogP contribution in [-0.4, -0.2) is 47.4 Å². The third kappa shape index (κ3) is 24.8. The van der Waals surface area contributed by atoms with Gasteiger partial charge in [0.1, 0.15) is 24.4 Å². The second kappa shape index (κ2) is 19.1. The Morgan fingerprint density at radius 1 is 0.686 bits per heavy atom. The predicted octanol–water partition coefficient (Wildman–Crippen LogP) is 1.51. The van der Waals surface area contributed by atoms with Crippen LogP contribution in [-0.2, 0) is 50.5 Å². The second-order valence-electron chi connectivity index (χ2n) is 6.85. The maximum Gasteiger partial charge on any atom is 2.00 e. The number of carboxylic acid groups (broad SMARTS) is 2. The molecule has 0 bridgehead atoms. The van der Waals surface area contributed by atoms with Gasteiger partial charge in [-0.3, -0.25) is 19.2 Å². The average molecular weight is 556 g/mol. The van der Waals surface area contributed by atoms with Crippen LogP contribution in [0.3, 0.4) is 0 Å². The molecule has 200 valence electrons. The van der Waals surface area contributed by atoms with Crippen molar-refractivity contribution >= 4 is 35.1 Å². The van der Waals surface area contributed by atoms with Crippen LogP contribution in [0.4, 0.5) is 26.3 Å². The van der Waals surface area contributed by atoms with Gasteiger partial charge in [0.05, 0.1) is 30.2 Å². The molecule has 0 aliphatic carbocycles. The molecule has 0 aromatic carbocycles. The fraction of sp³-hybridized carbons (Fsp3) is 0.700. The van der Waals surface area contributed by atoms with Crippen LogP contribution < -0.4 is 10.2 Å². The summed E-state index contributed by atoms with van der Waals surface area (Å²) in [5.74, 6) is -9.53. The number of hydrogen-bond donors (Lipinski definition) is 0. The van der Waals surface area contributed by atoms with Gasteiger partial charge >= 0.3 is 34.1 Å². The molecule has 0 fully saturated rings. The van der Waals surface area contributed by atoms with Crippen LogP contribution >= 0.6 is 0 Å². The molecule has 0 saturated carbocycles. The summed E-state index contributed by atoms with van der Waals surface area (Å²) < 4.78 is 69.8. The Labute approximate surface area is 212 Å². The minimum atomic E-state index is -4.65. The number of carbonyl (C=O) groups is 6. The SMILES string of the molecule is CCC(=O)CC(C)=O.CCC(C(=O)[O-])C(=O)CC(F)(F)F.CCC(C(=O)[O-])C(=O)CC(F)(F)F.[Ti+2]. The summed E-state index contributed by atoms with van der Waals surface area (Å²) in [5.41, 5.74) is 0. The third-order valence-corrected chi connectivity index (χ3v) is 3.75. The van der Waals surface area contributed by atoms with Crippen LogP contribution in [0, 0.1) is 11.8 Å². The Morgan fingerprint density at radius 2 is 0.971 bits per heavy atom. The summed E-state index contributed by atoms with van der Waals surface area (Å²) in [6.45, 7) is 5.81. The van der Waals surface area contributed by atoms with Gasteiger partial charge in [-0.05, 0) is 19.8 Å². The Balaban J connectivity index is -0.000000209. The van der Waals surface area contributed by atoms with Crippen molar-refractivity contribution in [3.05, 3.63) is 0 Å². The van der Waals surface area contributed by atoms with Crippen molar-refractivity contribution in [3.63, 3.8) is 0 Å². The van der Waals surface area contributed by atoms with E-state index in [9.17, 15) is 65.3 Å². The molecule has 2 unspecified atom stereocenters. The smallest absolute Gasteiger partial charge is 0.549 e. The Hall–Kier alpha value is -2.09. The summed E-state index contributed by atoms with van der Waals surface area (Å²) in [6.07, 6.45) is -12.5. The number of ketones is 4. The molecule has 0 aliphatic heterocycles. The predicted molar refractivity (Wildman–Crippen MR) is 99.5 cm³/mol. The Morgan fingerprint density at radius 3 is 1.09 bits per heavy atom. The van der Waals surface area contributed by atoms with Crippen molar-refractivity contribution in [2.75, 3.05) is 0 Å². The molecule has 2 atom stereocenters. The Kier molecular flexibility index (Phi) is 21.9. The van der Waals surface area contributed by atoms with Gasteiger partial charge in [-0.1, -0.05) is 20.8 Å². The number of alkyl halides is 6. The molecule has 0 aliphatic rings. The number of Topliss-reactive ketones (excluding diaryl/α,β-unsaturated/α-hetero) is 4. The fourth-order valence-corrected chi connectivity index (χ4v) is 2.10. The number of carboxylic acids is 2. The number of rotatable bonds is 11. The molecule has 8 nitrogen and oxygen atoms in total. The van der Waals surface area contributed by atoms with Crippen molar-refractivity contribution in [1.29, 1.82) is 0 Å². The van der Waals surface area contributed by atoms with Crippen LogP contribution in [0.5, 0.6) is 0 Å². The van der Waals surface area contributed by atoms with Crippen LogP contribution in [0.1, 0.15) is 66.2 Å². The van der Waals surface area contributed by atoms with Gasteiger partial charge in [-0.2, -0.15) is 26.3 Å². The zero-order valence-electron chi connectivity index (χ0n) is 19.4. The van der Waals surface area contributed by atoms with Crippen molar-refractivity contribution in [3.8, 4) is 0 Å². The van der Waals surface area contributed by atoms with Gasteiger partial charge in [0.25, 0.3) is 0 Å². The van der Waals surface area contributed by atoms with E-state index in [1.54, 1.807) is 6.92 Å². The summed E-state index contributed by atoms with van der Waals surface area (Å²) >= 11 is 0. The first kappa shape index (κ1) is 40.1. The summed E-state index contributed by atoms with van der Waals surface area (Å²) in [4.78, 5) is 62.3. The quantitative estimate of drug-likeness (QED) is 0.211. The molecule has 0 rings (SSSR count). The standard InChI is InChI=1S/2C7H9F3O3.C6H10O2.Ti/c2*1-2-4(6(12)13)5(11)3-7(8,9)10;1-3-6(8)4-5(2)7;/h2*4H,2-3H2,1H3,(H,12,13);3-4H2,1-2H3;/q;;;+2/p-2. The monoisotopic (exact) mass is 556 g/mol. The summed E-state index contributed by atoms with van der Waals surface area (Å²) in [5, 5.41) is 20.3. The third-order valence-electron chi connectivity index (χ3n) is 3.75. The maximum atomic E-state index is 11.6. The van der Waals surface area contributed by atoms with Crippen LogP contribution in [0.2, 0.25) is 0 Å². The number of halogens is 6. The molecule has 0 saturated heterocycles. The molecule has 0 amide bonds. The van der Waals surface area contributed by atoms with Crippen LogP contribution in [0.25, 0.3) is 0 Å². The van der Waals surface area contributed by atoms with Crippen molar-refractivity contribution in [2.24, 2.45) is 11.8 Å². The van der Waals surface area contributed by atoms with Crippen LogP contribution in [0.15, 0.2) is 0 Å². The number of hydrogen-bond acceptors (Lipinski definition) is 8. The van der Waals surface area contributed by atoms with E-state index in [0.29, 0.717) is 6.42 Å². The molecular weight excluding hydrogens is 530 g/mol. The molecule has 0 radical (unpaired) electrons. The van der Waals surface area contributed by atoms with Gasteiger partial charge in [0.2, 0.25) is 0 Å². The summed E-state index contributed by atoms with van der Waals surface area (Å²) in [6, 6.07) is 0. The van der Waals surface area contributed by atoms with Gasteiger partial charge < -0.3 is 19.8 Å². The van der Waals surface area contributed by atoms with E-state index in [-0.39, 0.29) is 52.5 Å². The van der Waals surface area contributed by atoms with Gasteiger partial charge in [-0.25, -0.2) is 0 Å². The number of aliphatic carboxylic acids is 2. The Bertz CT molecular complexity index is 673. The molecule has 0 aromatic heterocycles. The molecule has 15 heteroatoms. The topological polar surface area (TPSA) is 149 Å². The van der Waals surface area contributed by atoms with Crippen molar-refractivity contribution in [2.45, 2.75) is 78.6 Å². The van der Waals surface area contributed by atoms with E-state index >= 15 is 0 Å². The van der Waals surface area contributed by atoms with E-state index in [4.69, 9.17) is 0 Å². The van der Waals surface area contributed by atoms with Crippen molar-refractivity contribution < 1.29 is 87.0 Å². The number of carbonyl (C=O) groups excluding carboxylic acids is 6. The van der Waals surface area contributed by atoms with Gasteiger partial charge in [0.15, 0.2) is 11.6 Å². The van der Waals surface area contributed by atoms with E-state index in [1.165, 1.54) is 20.8 Å². The minimum Gasteiger partial charge on any atom is -0.549 e. The molecular formula is C20H26F6O8Ti. The zero-order chi connectivity index (χ0) is 27.9. The molecule has 0 aromatic rings. The minimum absolute atomic E-state index is 0. The van der Waals surface area contributed by atoms with E-state index in [2.05, 4.69) is 0 Å². The average Bonchev–Trinajstić information content (AvgIpc) is 2.59. The van der Waals surface area contributed by atoms with Crippen molar-refractivity contribution in [1.82, 2.24) is 0 Å². The fourth-order valence-electron chi connectivity index (χ4n) is 2.10. The molecule has 0 N–H and O–H groups in total.